The molecule has 1 aromatic rings. The lowest BCUT2D eigenvalue weighted by atomic mass is 9.83. The number of hydrogen-bond acceptors (Lipinski definition) is 3. The molecule has 0 bridgehead atoms. The third kappa shape index (κ3) is 2.34. The maximum absolute atomic E-state index is 8.67. The van der Waals surface area contributed by atoms with E-state index in [0.717, 1.165) is 31.6 Å². The predicted molar refractivity (Wildman–Crippen MR) is 66.5 cm³/mol. The summed E-state index contributed by atoms with van der Waals surface area (Å²) in [5.41, 5.74) is 9.58. The van der Waals surface area contributed by atoms with Gasteiger partial charge < -0.3 is 5.73 Å². The average molecular weight is 232 g/mol. The summed E-state index contributed by atoms with van der Waals surface area (Å²) in [5.74, 6) is 0.583. The minimum absolute atomic E-state index is 0.537. The predicted octanol–water partition coefficient (Wildman–Crippen LogP) is 1.87. The molecule has 2 rings (SSSR count). The molecule has 0 radical (unpaired) electrons. The van der Waals surface area contributed by atoms with Crippen molar-refractivity contribution in [2.75, 3.05) is 6.54 Å². The number of nitriles is 1. The molecule has 4 heteroatoms. The fourth-order valence-corrected chi connectivity index (χ4v) is 2.93. The lowest BCUT2D eigenvalue weighted by molar-refractivity contribution is 0.498. The standard InChI is InChI=1S/C13H20N4/c1-10-13-11(6-8-15)4-2-5-12(13)17(16-10)9-3-7-14/h11H,2-6,8-9,15H2,1H3. The zero-order valence-corrected chi connectivity index (χ0v) is 10.4. The van der Waals surface area contributed by atoms with Gasteiger partial charge in [0, 0.05) is 5.69 Å². The van der Waals surface area contributed by atoms with Gasteiger partial charge in [-0.2, -0.15) is 10.4 Å². The Hall–Kier alpha value is -1.34. The molecule has 0 saturated carbocycles. The highest BCUT2D eigenvalue weighted by atomic mass is 15.3. The van der Waals surface area contributed by atoms with Crippen molar-refractivity contribution in [1.82, 2.24) is 9.78 Å². The lowest BCUT2D eigenvalue weighted by Crippen LogP contribution is -2.16. The summed E-state index contributed by atoms with van der Waals surface area (Å²) in [7, 11) is 0. The van der Waals surface area contributed by atoms with E-state index in [0.29, 0.717) is 12.3 Å². The van der Waals surface area contributed by atoms with Crippen LogP contribution in [0.25, 0.3) is 0 Å². The number of nitrogens with zero attached hydrogens (tertiary/aromatic N) is 3. The SMILES string of the molecule is Cc1nn(CCC#N)c2c1C(CCN)CCC2. The minimum Gasteiger partial charge on any atom is -0.330 e. The molecule has 1 aliphatic carbocycles. The molecule has 0 aliphatic heterocycles. The highest BCUT2D eigenvalue weighted by Crippen LogP contribution is 2.35. The third-order valence-electron chi connectivity index (χ3n) is 3.61. The minimum atomic E-state index is 0.537. The molecule has 17 heavy (non-hydrogen) atoms. The fourth-order valence-electron chi connectivity index (χ4n) is 2.93. The van der Waals surface area contributed by atoms with E-state index in [4.69, 9.17) is 11.0 Å². The maximum Gasteiger partial charge on any atom is 0.0641 e. The van der Waals surface area contributed by atoms with Crippen LogP contribution < -0.4 is 5.73 Å². The molecule has 0 spiro atoms. The van der Waals surface area contributed by atoms with Crippen LogP contribution in [0, 0.1) is 18.3 Å². The van der Waals surface area contributed by atoms with Crippen LogP contribution in [0.2, 0.25) is 0 Å². The van der Waals surface area contributed by atoms with Gasteiger partial charge in [0.05, 0.1) is 24.7 Å². The van der Waals surface area contributed by atoms with Gasteiger partial charge in [-0.15, -0.1) is 0 Å². The summed E-state index contributed by atoms with van der Waals surface area (Å²) in [6, 6.07) is 2.19. The molecule has 1 atom stereocenters. The molecule has 1 unspecified atom stereocenters. The average Bonchev–Trinajstić information content (AvgIpc) is 2.65. The number of nitrogens with two attached hydrogens (primary N) is 1. The first-order valence-electron chi connectivity index (χ1n) is 6.41. The van der Waals surface area contributed by atoms with Gasteiger partial charge in [-0.05, 0) is 50.6 Å². The number of aryl methyl sites for hydroxylation is 2. The van der Waals surface area contributed by atoms with Crippen molar-refractivity contribution >= 4 is 0 Å². The molecule has 0 amide bonds. The fraction of sp³-hybridized carbons (Fsp3) is 0.692. The van der Waals surface area contributed by atoms with Crippen molar-refractivity contribution in [2.45, 2.75) is 51.5 Å². The summed E-state index contributed by atoms with van der Waals surface area (Å²) in [4.78, 5) is 0. The Morgan fingerprint density at radius 2 is 2.41 bits per heavy atom. The maximum atomic E-state index is 8.67. The Labute approximate surface area is 102 Å². The zero-order chi connectivity index (χ0) is 12.3. The molecule has 0 saturated heterocycles. The molecule has 1 aliphatic rings. The topological polar surface area (TPSA) is 67.6 Å². The highest BCUT2D eigenvalue weighted by Gasteiger charge is 2.26. The van der Waals surface area contributed by atoms with Crippen LogP contribution in [0.4, 0.5) is 0 Å². The van der Waals surface area contributed by atoms with Crippen LogP contribution >= 0.6 is 0 Å². The Kier molecular flexibility index (Phi) is 3.80. The summed E-state index contributed by atoms with van der Waals surface area (Å²) in [5, 5.41) is 13.3. The van der Waals surface area contributed by atoms with Crippen molar-refractivity contribution in [3.05, 3.63) is 17.0 Å². The number of hydrogen-bond donors (Lipinski definition) is 1. The van der Waals surface area contributed by atoms with Gasteiger partial charge in [0.15, 0.2) is 0 Å². The van der Waals surface area contributed by atoms with Crippen LogP contribution in [-0.2, 0) is 13.0 Å². The molecule has 0 fully saturated rings. The van der Waals surface area contributed by atoms with E-state index in [-0.39, 0.29) is 0 Å². The van der Waals surface area contributed by atoms with Crippen molar-refractivity contribution in [2.24, 2.45) is 5.73 Å². The number of aromatic nitrogens is 2. The van der Waals surface area contributed by atoms with Gasteiger partial charge in [-0.25, -0.2) is 0 Å². The van der Waals surface area contributed by atoms with E-state index in [1.54, 1.807) is 0 Å². The molecule has 1 heterocycles. The van der Waals surface area contributed by atoms with E-state index in [9.17, 15) is 0 Å². The largest absolute Gasteiger partial charge is 0.330 e. The second kappa shape index (κ2) is 5.33. The summed E-state index contributed by atoms with van der Waals surface area (Å²) < 4.78 is 2.04. The van der Waals surface area contributed by atoms with E-state index in [1.807, 2.05) is 4.68 Å². The Morgan fingerprint density at radius 3 is 3.12 bits per heavy atom. The van der Waals surface area contributed by atoms with E-state index >= 15 is 0 Å². The van der Waals surface area contributed by atoms with E-state index in [2.05, 4.69) is 18.1 Å². The van der Waals surface area contributed by atoms with E-state index in [1.165, 1.54) is 24.1 Å². The Balaban J connectivity index is 2.29. The number of rotatable bonds is 4. The molecule has 1 aromatic heterocycles. The van der Waals surface area contributed by atoms with Gasteiger partial charge in [0.1, 0.15) is 0 Å². The molecular formula is C13H20N4. The summed E-state index contributed by atoms with van der Waals surface area (Å²) >= 11 is 0. The zero-order valence-electron chi connectivity index (χ0n) is 10.4. The van der Waals surface area contributed by atoms with Gasteiger partial charge in [0.2, 0.25) is 0 Å². The van der Waals surface area contributed by atoms with Crippen LogP contribution in [0.5, 0.6) is 0 Å². The second-order valence-corrected chi connectivity index (χ2v) is 4.74. The van der Waals surface area contributed by atoms with E-state index < -0.39 is 0 Å². The van der Waals surface area contributed by atoms with Gasteiger partial charge in [0.25, 0.3) is 0 Å². The first-order valence-corrected chi connectivity index (χ1v) is 6.41. The van der Waals surface area contributed by atoms with Crippen LogP contribution in [0.1, 0.15) is 48.6 Å². The Bertz CT molecular complexity index is 427. The van der Waals surface area contributed by atoms with Crippen molar-refractivity contribution < 1.29 is 0 Å². The smallest absolute Gasteiger partial charge is 0.0641 e. The third-order valence-corrected chi connectivity index (χ3v) is 3.61. The number of fused-ring (bicyclic) bond motifs is 1. The molecular weight excluding hydrogens is 212 g/mol. The molecule has 92 valence electrons. The highest BCUT2D eigenvalue weighted by molar-refractivity contribution is 5.32. The quantitative estimate of drug-likeness (QED) is 0.861. The molecule has 2 N–H and O–H groups in total. The second-order valence-electron chi connectivity index (χ2n) is 4.74. The van der Waals surface area contributed by atoms with Crippen LogP contribution in [-0.4, -0.2) is 16.3 Å². The van der Waals surface area contributed by atoms with Crippen LogP contribution in [0.3, 0.4) is 0 Å². The summed E-state index contributed by atoms with van der Waals surface area (Å²) in [6.07, 6.45) is 5.14. The van der Waals surface area contributed by atoms with Gasteiger partial charge >= 0.3 is 0 Å². The molecule has 0 aromatic carbocycles. The first kappa shape index (κ1) is 12.1. The van der Waals surface area contributed by atoms with Crippen molar-refractivity contribution in [3.8, 4) is 6.07 Å². The summed E-state index contributed by atoms with van der Waals surface area (Å²) in [6.45, 7) is 3.55. The van der Waals surface area contributed by atoms with Gasteiger partial charge in [-0.1, -0.05) is 0 Å². The Morgan fingerprint density at radius 1 is 1.59 bits per heavy atom. The lowest BCUT2D eigenvalue weighted by Gasteiger charge is -2.23. The van der Waals surface area contributed by atoms with Crippen molar-refractivity contribution in [3.63, 3.8) is 0 Å². The monoisotopic (exact) mass is 232 g/mol. The first-order chi connectivity index (χ1) is 8.27. The normalized spacial score (nSPS) is 18.8. The van der Waals surface area contributed by atoms with Gasteiger partial charge in [-0.3, -0.25) is 4.68 Å². The van der Waals surface area contributed by atoms with Crippen LogP contribution in [0.15, 0.2) is 0 Å². The van der Waals surface area contributed by atoms with Crippen molar-refractivity contribution in [1.29, 1.82) is 5.26 Å². The molecule has 4 nitrogen and oxygen atoms in total.